The van der Waals surface area contributed by atoms with Gasteiger partial charge in [-0.05, 0) is 66.9 Å². The standard InChI is InChI=1S/C22H20F3NOS/c1-13-4-3-5-19(14(13)2)27-12-18-20(26-28-21(18)22(23,24)25)17-10-8-16(9-11-17)15-6-7-15/h3-5,8-11,15H,6-7,12H2,1-2H3. The molecule has 2 aromatic carbocycles. The molecule has 0 unspecified atom stereocenters. The van der Waals surface area contributed by atoms with Crippen molar-refractivity contribution in [2.24, 2.45) is 0 Å². The molecule has 2 nitrogen and oxygen atoms in total. The van der Waals surface area contributed by atoms with Gasteiger partial charge in [0, 0.05) is 11.1 Å². The van der Waals surface area contributed by atoms with E-state index in [2.05, 4.69) is 4.37 Å². The summed E-state index contributed by atoms with van der Waals surface area (Å²) in [5, 5.41) is 0. The number of halogens is 3. The van der Waals surface area contributed by atoms with Crippen LogP contribution in [-0.2, 0) is 12.8 Å². The minimum Gasteiger partial charge on any atom is -0.488 e. The van der Waals surface area contributed by atoms with Crippen LogP contribution in [0.2, 0.25) is 0 Å². The van der Waals surface area contributed by atoms with Crippen molar-refractivity contribution in [1.29, 1.82) is 0 Å². The van der Waals surface area contributed by atoms with Gasteiger partial charge in [0.2, 0.25) is 0 Å². The van der Waals surface area contributed by atoms with E-state index < -0.39 is 11.1 Å². The number of aromatic nitrogens is 1. The minimum atomic E-state index is -4.45. The van der Waals surface area contributed by atoms with Crippen LogP contribution in [0.15, 0.2) is 42.5 Å². The molecule has 0 radical (unpaired) electrons. The van der Waals surface area contributed by atoms with Crippen molar-refractivity contribution < 1.29 is 17.9 Å². The first-order valence-electron chi connectivity index (χ1n) is 9.19. The first-order chi connectivity index (χ1) is 13.3. The van der Waals surface area contributed by atoms with Gasteiger partial charge in [-0.15, -0.1) is 0 Å². The Hall–Kier alpha value is -2.34. The highest BCUT2D eigenvalue weighted by atomic mass is 32.1. The molecule has 1 saturated carbocycles. The molecular weight excluding hydrogens is 383 g/mol. The Bertz CT molecular complexity index is 988. The number of aryl methyl sites for hydroxylation is 1. The fraction of sp³-hybridized carbons (Fsp3) is 0.318. The Labute approximate surface area is 166 Å². The number of hydrogen-bond acceptors (Lipinski definition) is 3. The van der Waals surface area contributed by atoms with Gasteiger partial charge in [0.15, 0.2) is 0 Å². The van der Waals surface area contributed by atoms with Crippen LogP contribution >= 0.6 is 11.5 Å². The van der Waals surface area contributed by atoms with E-state index in [1.54, 1.807) is 6.07 Å². The van der Waals surface area contributed by atoms with Crippen molar-refractivity contribution in [2.45, 2.75) is 45.4 Å². The Morgan fingerprint density at radius 3 is 2.43 bits per heavy atom. The zero-order chi connectivity index (χ0) is 19.9. The van der Waals surface area contributed by atoms with Gasteiger partial charge >= 0.3 is 6.18 Å². The molecule has 0 spiro atoms. The Balaban J connectivity index is 1.67. The summed E-state index contributed by atoms with van der Waals surface area (Å²) < 4.78 is 50.6. The van der Waals surface area contributed by atoms with Crippen molar-refractivity contribution in [3.63, 3.8) is 0 Å². The molecule has 1 aliphatic rings. The molecule has 1 fully saturated rings. The van der Waals surface area contributed by atoms with Gasteiger partial charge in [-0.3, -0.25) is 0 Å². The maximum Gasteiger partial charge on any atom is 0.427 e. The molecule has 3 aromatic rings. The molecular formula is C22H20F3NOS. The van der Waals surface area contributed by atoms with Crippen LogP contribution in [0.25, 0.3) is 11.3 Å². The number of benzene rings is 2. The highest BCUT2D eigenvalue weighted by molar-refractivity contribution is 7.06. The zero-order valence-electron chi connectivity index (χ0n) is 15.6. The molecule has 0 bridgehead atoms. The monoisotopic (exact) mass is 403 g/mol. The van der Waals surface area contributed by atoms with Crippen LogP contribution in [0.5, 0.6) is 5.75 Å². The highest BCUT2D eigenvalue weighted by Gasteiger charge is 2.38. The first kappa shape index (κ1) is 19.0. The van der Waals surface area contributed by atoms with E-state index >= 15 is 0 Å². The molecule has 0 N–H and O–H groups in total. The summed E-state index contributed by atoms with van der Waals surface area (Å²) >= 11 is 0.488. The molecule has 0 amide bonds. The third-order valence-corrected chi connectivity index (χ3v) is 6.14. The van der Waals surface area contributed by atoms with E-state index in [1.165, 1.54) is 18.4 Å². The van der Waals surface area contributed by atoms with Gasteiger partial charge < -0.3 is 4.74 Å². The third-order valence-electron chi connectivity index (χ3n) is 5.21. The first-order valence-corrected chi connectivity index (χ1v) is 9.97. The molecule has 0 saturated heterocycles. The minimum absolute atomic E-state index is 0.0950. The Morgan fingerprint density at radius 2 is 1.79 bits per heavy atom. The molecule has 1 aliphatic carbocycles. The molecule has 4 rings (SSSR count). The fourth-order valence-electron chi connectivity index (χ4n) is 3.25. The summed E-state index contributed by atoms with van der Waals surface area (Å²) in [4.78, 5) is -0.695. The van der Waals surface area contributed by atoms with Crippen LogP contribution in [0.4, 0.5) is 13.2 Å². The Kier molecular flexibility index (Phi) is 4.91. The van der Waals surface area contributed by atoms with Gasteiger partial charge in [0.05, 0.1) is 5.69 Å². The summed E-state index contributed by atoms with van der Waals surface area (Å²) in [6, 6.07) is 13.3. The van der Waals surface area contributed by atoms with Crippen molar-refractivity contribution in [3.8, 4) is 17.0 Å². The second-order valence-electron chi connectivity index (χ2n) is 7.22. The third kappa shape index (κ3) is 3.78. The quantitative estimate of drug-likeness (QED) is 0.462. The smallest absolute Gasteiger partial charge is 0.427 e. The van der Waals surface area contributed by atoms with Crippen LogP contribution < -0.4 is 4.74 Å². The van der Waals surface area contributed by atoms with Gasteiger partial charge in [0.25, 0.3) is 0 Å². The average Bonchev–Trinajstić information content (AvgIpc) is 3.41. The number of hydrogen-bond donors (Lipinski definition) is 0. The van der Waals surface area contributed by atoms with Crippen LogP contribution in [0.1, 0.15) is 45.9 Å². The van der Waals surface area contributed by atoms with E-state index in [0.717, 1.165) is 11.1 Å². The number of ether oxygens (including phenoxy) is 1. The normalized spacial score (nSPS) is 14.3. The Morgan fingerprint density at radius 1 is 1.07 bits per heavy atom. The van der Waals surface area contributed by atoms with E-state index in [4.69, 9.17) is 4.74 Å². The lowest BCUT2D eigenvalue weighted by molar-refractivity contribution is -0.135. The lowest BCUT2D eigenvalue weighted by Crippen LogP contribution is -2.09. The van der Waals surface area contributed by atoms with Crippen molar-refractivity contribution in [2.75, 3.05) is 0 Å². The van der Waals surface area contributed by atoms with E-state index in [1.807, 2.05) is 50.2 Å². The van der Waals surface area contributed by atoms with Crippen molar-refractivity contribution >= 4 is 11.5 Å². The predicted octanol–water partition coefficient (Wildman–Crippen LogP) is 6.90. The topological polar surface area (TPSA) is 22.1 Å². The second kappa shape index (κ2) is 7.24. The molecule has 6 heteroatoms. The highest BCUT2D eigenvalue weighted by Crippen LogP contribution is 2.42. The van der Waals surface area contributed by atoms with Crippen molar-refractivity contribution in [3.05, 3.63) is 69.6 Å². The van der Waals surface area contributed by atoms with Gasteiger partial charge in [0.1, 0.15) is 17.2 Å². The van der Waals surface area contributed by atoms with E-state index in [9.17, 15) is 13.2 Å². The summed E-state index contributed by atoms with van der Waals surface area (Å²) in [7, 11) is 0. The zero-order valence-corrected chi connectivity index (χ0v) is 16.5. The van der Waals surface area contributed by atoms with Crippen molar-refractivity contribution in [1.82, 2.24) is 4.37 Å². The molecule has 1 heterocycles. The second-order valence-corrected chi connectivity index (χ2v) is 7.99. The van der Waals surface area contributed by atoms with E-state index in [0.29, 0.717) is 34.5 Å². The maximum atomic E-state index is 13.5. The molecule has 1 aromatic heterocycles. The van der Waals surface area contributed by atoms with Crippen LogP contribution in [0, 0.1) is 13.8 Å². The van der Waals surface area contributed by atoms with Crippen LogP contribution in [0.3, 0.4) is 0 Å². The molecule has 0 atom stereocenters. The summed E-state index contributed by atoms with van der Waals surface area (Å²) in [5.41, 5.74) is 4.34. The molecule has 0 aliphatic heterocycles. The summed E-state index contributed by atoms with van der Waals surface area (Å²) in [6.07, 6.45) is -2.09. The SMILES string of the molecule is Cc1cccc(OCc2c(-c3ccc(C4CC4)cc3)nsc2C(F)(F)F)c1C. The number of rotatable bonds is 5. The number of alkyl halides is 3. The lowest BCUT2D eigenvalue weighted by Gasteiger charge is -2.13. The maximum absolute atomic E-state index is 13.5. The number of nitrogens with zero attached hydrogens (tertiary/aromatic N) is 1. The van der Waals surface area contributed by atoms with Gasteiger partial charge in [-0.25, -0.2) is 0 Å². The van der Waals surface area contributed by atoms with Crippen LogP contribution in [-0.4, -0.2) is 4.37 Å². The van der Waals surface area contributed by atoms with E-state index in [-0.39, 0.29) is 12.2 Å². The lowest BCUT2D eigenvalue weighted by atomic mass is 10.0. The summed E-state index contributed by atoms with van der Waals surface area (Å²) in [5.74, 6) is 1.19. The molecule has 146 valence electrons. The largest absolute Gasteiger partial charge is 0.488 e. The van der Waals surface area contributed by atoms with Gasteiger partial charge in [-0.2, -0.15) is 17.5 Å². The van der Waals surface area contributed by atoms with Gasteiger partial charge in [-0.1, -0.05) is 36.4 Å². The average molecular weight is 403 g/mol. The summed E-state index contributed by atoms with van der Waals surface area (Å²) in [6.45, 7) is 3.68. The molecule has 28 heavy (non-hydrogen) atoms. The fourth-order valence-corrected chi connectivity index (χ4v) is 4.02. The predicted molar refractivity (Wildman–Crippen MR) is 105 cm³/mol.